The van der Waals surface area contributed by atoms with Crippen LogP contribution < -0.4 is 24.4 Å². The minimum atomic E-state index is 0.00364. The van der Waals surface area contributed by atoms with E-state index in [2.05, 4.69) is 5.32 Å². The molecule has 2 atom stereocenters. The van der Waals surface area contributed by atoms with Crippen LogP contribution in [0.25, 0.3) is 0 Å². The molecule has 1 unspecified atom stereocenters. The van der Waals surface area contributed by atoms with Crippen molar-refractivity contribution < 1.29 is 23.9 Å². The largest absolute Gasteiger partial charge is 0.497 e. The summed E-state index contributed by atoms with van der Waals surface area (Å²) in [5.41, 5.74) is 1.87. The van der Waals surface area contributed by atoms with E-state index in [0.29, 0.717) is 6.54 Å². The van der Waals surface area contributed by atoms with Gasteiger partial charge < -0.3 is 24.4 Å². The molecule has 27 heavy (non-hydrogen) atoms. The summed E-state index contributed by atoms with van der Waals surface area (Å²) >= 11 is 0. The molecule has 3 rings (SSSR count). The van der Waals surface area contributed by atoms with E-state index < -0.39 is 0 Å². The first-order valence-corrected chi connectivity index (χ1v) is 9.15. The Labute approximate surface area is 160 Å². The minimum Gasteiger partial charge on any atom is -0.497 e. The third-order valence-corrected chi connectivity index (χ3v) is 5.06. The lowest BCUT2D eigenvalue weighted by molar-refractivity contribution is -0.910. The maximum atomic E-state index is 12.6. The van der Waals surface area contributed by atoms with E-state index >= 15 is 0 Å². The second-order valence-corrected chi connectivity index (χ2v) is 6.66. The number of rotatable bonds is 7. The Kier molecular flexibility index (Phi) is 6.19. The summed E-state index contributed by atoms with van der Waals surface area (Å²) in [5, 5.41) is 2.97. The standard InChI is InChI=1S/C21H26N2O4/c1-25-16-8-6-15(7-9-16)22-21(24)14-23-12-4-5-19(23)18-13-17(26-2)10-11-20(18)27-3/h6-11,13,19H,4-5,12,14H2,1-3H3,(H,22,24)/p+1/t19-/m0/s1. The first-order chi connectivity index (χ1) is 13.1. The van der Waals surface area contributed by atoms with Gasteiger partial charge in [0, 0.05) is 18.5 Å². The fraction of sp³-hybridized carbons (Fsp3) is 0.381. The molecule has 6 heteroatoms. The topological polar surface area (TPSA) is 61.2 Å². The number of nitrogens with one attached hydrogen (secondary N) is 2. The average Bonchev–Trinajstić information content (AvgIpc) is 3.15. The van der Waals surface area contributed by atoms with Crippen LogP contribution in [0.5, 0.6) is 17.2 Å². The van der Waals surface area contributed by atoms with Gasteiger partial charge in [-0.05, 0) is 42.5 Å². The van der Waals surface area contributed by atoms with Gasteiger partial charge in [0.1, 0.15) is 23.3 Å². The van der Waals surface area contributed by atoms with Crippen molar-refractivity contribution in [1.29, 1.82) is 0 Å². The highest BCUT2D eigenvalue weighted by atomic mass is 16.5. The number of anilines is 1. The van der Waals surface area contributed by atoms with E-state index in [1.165, 1.54) is 4.90 Å². The second-order valence-electron chi connectivity index (χ2n) is 6.66. The molecular weight excluding hydrogens is 344 g/mol. The van der Waals surface area contributed by atoms with Crippen LogP contribution in [0.1, 0.15) is 24.4 Å². The molecule has 1 heterocycles. The maximum absolute atomic E-state index is 12.6. The maximum Gasteiger partial charge on any atom is 0.279 e. The molecule has 0 spiro atoms. The molecular formula is C21H27N2O4+. The van der Waals surface area contributed by atoms with E-state index in [9.17, 15) is 4.79 Å². The SMILES string of the molecule is COc1ccc(NC(=O)C[NH+]2CCC[C@H]2c2cc(OC)ccc2OC)cc1. The summed E-state index contributed by atoms with van der Waals surface area (Å²) in [7, 11) is 4.96. The van der Waals surface area contributed by atoms with E-state index in [0.717, 1.165) is 47.9 Å². The van der Waals surface area contributed by atoms with Gasteiger partial charge in [0.2, 0.25) is 0 Å². The van der Waals surface area contributed by atoms with Crippen molar-refractivity contribution >= 4 is 11.6 Å². The van der Waals surface area contributed by atoms with E-state index in [1.54, 1.807) is 21.3 Å². The number of hydrogen-bond acceptors (Lipinski definition) is 4. The summed E-state index contributed by atoms with van der Waals surface area (Å²) in [5.74, 6) is 2.42. The molecule has 1 saturated heterocycles. The van der Waals surface area contributed by atoms with Gasteiger partial charge >= 0.3 is 0 Å². The molecule has 2 N–H and O–H groups in total. The normalized spacial score (nSPS) is 18.8. The molecule has 0 aliphatic carbocycles. The minimum absolute atomic E-state index is 0.00364. The fourth-order valence-corrected chi connectivity index (χ4v) is 3.70. The van der Waals surface area contributed by atoms with Crippen molar-refractivity contribution in [3.05, 3.63) is 48.0 Å². The quantitative estimate of drug-likeness (QED) is 0.782. The Balaban J connectivity index is 1.70. The molecule has 1 aliphatic rings. The van der Waals surface area contributed by atoms with Crippen molar-refractivity contribution in [2.24, 2.45) is 0 Å². The number of benzene rings is 2. The van der Waals surface area contributed by atoms with Gasteiger partial charge in [0.15, 0.2) is 6.54 Å². The summed E-state index contributed by atoms with van der Waals surface area (Å²) in [4.78, 5) is 13.8. The van der Waals surface area contributed by atoms with Crippen molar-refractivity contribution in [1.82, 2.24) is 0 Å². The molecule has 2 aromatic carbocycles. The summed E-state index contributed by atoms with van der Waals surface area (Å²) < 4.78 is 16.1. The molecule has 6 nitrogen and oxygen atoms in total. The predicted molar refractivity (Wildman–Crippen MR) is 104 cm³/mol. The smallest absolute Gasteiger partial charge is 0.279 e. The first kappa shape index (κ1) is 19.0. The van der Waals surface area contributed by atoms with Crippen molar-refractivity contribution in [3.63, 3.8) is 0 Å². The summed E-state index contributed by atoms with van der Waals surface area (Å²) in [6.45, 7) is 1.37. The Hall–Kier alpha value is -2.73. The zero-order valence-corrected chi connectivity index (χ0v) is 16.1. The summed E-state index contributed by atoms with van der Waals surface area (Å²) in [6.07, 6.45) is 2.10. The van der Waals surface area contributed by atoms with Gasteiger partial charge in [-0.2, -0.15) is 0 Å². The van der Waals surface area contributed by atoms with Gasteiger partial charge in [-0.1, -0.05) is 0 Å². The monoisotopic (exact) mass is 371 g/mol. The molecule has 0 aromatic heterocycles. The third-order valence-electron chi connectivity index (χ3n) is 5.06. The van der Waals surface area contributed by atoms with Gasteiger partial charge in [-0.15, -0.1) is 0 Å². The lowest BCUT2D eigenvalue weighted by atomic mass is 10.0. The van der Waals surface area contributed by atoms with E-state index in [-0.39, 0.29) is 11.9 Å². The third kappa shape index (κ3) is 4.52. The van der Waals surface area contributed by atoms with Crippen molar-refractivity contribution in [2.45, 2.75) is 18.9 Å². The first-order valence-electron chi connectivity index (χ1n) is 9.15. The van der Waals surface area contributed by atoms with E-state index in [1.807, 2.05) is 42.5 Å². The Morgan fingerprint density at radius 1 is 1.04 bits per heavy atom. The Morgan fingerprint density at radius 3 is 2.41 bits per heavy atom. The number of carbonyl (C=O) groups excluding carboxylic acids is 1. The van der Waals surface area contributed by atoms with Crippen LogP contribution in [0, 0.1) is 0 Å². The average molecular weight is 371 g/mol. The number of likely N-dealkylation sites (tertiary alicyclic amines) is 1. The molecule has 2 aromatic rings. The number of methoxy groups -OCH3 is 3. The zero-order valence-electron chi connectivity index (χ0n) is 16.1. The molecule has 1 fully saturated rings. The lowest BCUT2D eigenvalue weighted by Gasteiger charge is -2.23. The molecule has 0 bridgehead atoms. The fourth-order valence-electron chi connectivity index (χ4n) is 3.70. The van der Waals surface area contributed by atoms with Crippen molar-refractivity contribution in [3.8, 4) is 17.2 Å². The molecule has 1 amide bonds. The Bertz CT molecular complexity index is 776. The van der Waals surface area contributed by atoms with Gasteiger partial charge in [0.05, 0.1) is 33.4 Å². The van der Waals surface area contributed by atoms with Crippen LogP contribution >= 0.6 is 0 Å². The van der Waals surface area contributed by atoms with Gasteiger partial charge in [-0.25, -0.2) is 0 Å². The number of quaternary nitrogens is 1. The zero-order chi connectivity index (χ0) is 19.2. The predicted octanol–water partition coefficient (Wildman–Crippen LogP) is 2.07. The van der Waals surface area contributed by atoms with Crippen LogP contribution in [0.2, 0.25) is 0 Å². The Morgan fingerprint density at radius 2 is 1.74 bits per heavy atom. The second kappa shape index (κ2) is 8.77. The van der Waals surface area contributed by atoms with Crippen LogP contribution in [0.15, 0.2) is 42.5 Å². The number of hydrogen-bond donors (Lipinski definition) is 2. The van der Waals surface area contributed by atoms with Crippen LogP contribution in [-0.2, 0) is 4.79 Å². The highest BCUT2D eigenvalue weighted by Gasteiger charge is 2.34. The summed E-state index contributed by atoms with van der Waals surface area (Å²) in [6, 6.07) is 13.4. The number of ether oxygens (including phenoxy) is 3. The van der Waals surface area contributed by atoms with Crippen LogP contribution in [0.4, 0.5) is 5.69 Å². The lowest BCUT2D eigenvalue weighted by Crippen LogP contribution is -3.11. The molecule has 0 saturated carbocycles. The molecule has 1 aliphatic heterocycles. The van der Waals surface area contributed by atoms with Gasteiger partial charge in [0.25, 0.3) is 5.91 Å². The highest BCUT2D eigenvalue weighted by Crippen LogP contribution is 2.31. The van der Waals surface area contributed by atoms with E-state index in [4.69, 9.17) is 14.2 Å². The number of carbonyl (C=O) groups is 1. The highest BCUT2D eigenvalue weighted by molar-refractivity contribution is 5.91. The molecule has 144 valence electrons. The van der Waals surface area contributed by atoms with Crippen LogP contribution in [-0.4, -0.2) is 40.3 Å². The number of amides is 1. The van der Waals surface area contributed by atoms with Crippen molar-refractivity contribution in [2.75, 3.05) is 39.7 Å². The van der Waals surface area contributed by atoms with Crippen LogP contribution in [0.3, 0.4) is 0 Å². The molecule has 0 radical (unpaired) electrons. The van der Waals surface area contributed by atoms with Gasteiger partial charge in [-0.3, -0.25) is 4.79 Å².